The number of carbonyl (C=O) groups is 1. The third-order valence-electron chi connectivity index (χ3n) is 5.67. The Morgan fingerprint density at radius 3 is 2.61 bits per heavy atom. The fourth-order valence-corrected chi connectivity index (χ4v) is 4.21. The Hall–Kier alpha value is -3.40. The molecule has 41 heavy (non-hydrogen) atoms. The van der Waals surface area contributed by atoms with Crippen LogP contribution in [0.4, 0.5) is 4.79 Å². The molecular weight excluding hydrogens is 536 g/mol. The first kappa shape index (κ1) is 35.6. The highest BCUT2D eigenvalue weighted by Crippen LogP contribution is 2.09. The Balaban J connectivity index is 2.48. The average molecular weight is 585 g/mol. The first-order valence-electron chi connectivity index (χ1n) is 14.2. The Labute approximate surface area is 249 Å². The number of hydrogen-bond donors (Lipinski definition) is 5. The van der Waals surface area contributed by atoms with E-state index in [2.05, 4.69) is 34.2 Å². The van der Waals surface area contributed by atoms with E-state index in [9.17, 15) is 14.1 Å². The zero-order valence-electron chi connectivity index (χ0n) is 24.7. The number of ether oxygens (including phenoxy) is 1. The Morgan fingerprint density at radius 2 is 1.90 bits per heavy atom. The molecule has 226 valence electrons. The lowest BCUT2D eigenvalue weighted by Gasteiger charge is -2.13. The smallest absolute Gasteiger partial charge is 0.318 e. The van der Waals surface area contributed by atoms with Gasteiger partial charge in [-0.1, -0.05) is 74.8 Å². The molecule has 2 unspecified atom stereocenters. The van der Waals surface area contributed by atoms with Crippen LogP contribution in [0.3, 0.4) is 0 Å². The van der Waals surface area contributed by atoms with Crippen molar-refractivity contribution in [1.29, 1.82) is 0 Å². The molecule has 0 saturated carbocycles. The predicted octanol–water partition coefficient (Wildman–Crippen LogP) is 5.53. The number of rotatable bonds is 21. The molecule has 0 aliphatic carbocycles. The number of hydrogen-bond acceptors (Lipinski definition) is 5. The van der Waals surface area contributed by atoms with Gasteiger partial charge in [0, 0.05) is 25.0 Å². The van der Waals surface area contributed by atoms with Crippen molar-refractivity contribution in [2.45, 2.75) is 59.0 Å². The molecule has 1 aromatic rings. The van der Waals surface area contributed by atoms with Crippen LogP contribution >= 0.6 is 0 Å². The highest BCUT2D eigenvalue weighted by atomic mass is 32.2. The first-order chi connectivity index (χ1) is 19.9. The minimum absolute atomic E-state index is 0.228. The van der Waals surface area contributed by atoms with Gasteiger partial charge >= 0.3 is 6.03 Å². The largest absolute Gasteiger partial charge is 0.491 e. The van der Waals surface area contributed by atoms with E-state index in [1.165, 1.54) is 18.7 Å². The van der Waals surface area contributed by atoms with Gasteiger partial charge in [0.15, 0.2) is 0 Å². The highest BCUT2D eigenvalue weighted by Gasteiger charge is 2.06. The number of carbonyl (C=O) groups excluding carboxylic acids is 1. The van der Waals surface area contributed by atoms with Crippen LogP contribution < -0.4 is 25.4 Å². The molecule has 9 heteroatoms. The van der Waals surface area contributed by atoms with Gasteiger partial charge in [0.2, 0.25) is 0 Å². The maximum absolute atomic E-state index is 12.9. The van der Waals surface area contributed by atoms with Crippen molar-refractivity contribution in [2.24, 2.45) is 0 Å². The van der Waals surface area contributed by atoms with Crippen molar-refractivity contribution in [3.63, 3.8) is 0 Å². The number of aliphatic hydroxyl groups is 1. The highest BCUT2D eigenvalue weighted by molar-refractivity contribution is 7.87. The van der Waals surface area contributed by atoms with E-state index in [1.807, 2.05) is 68.5 Å². The molecule has 1 aromatic carbocycles. The minimum Gasteiger partial charge on any atom is -0.491 e. The molecule has 0 aliphatic heterocycles. The molecule has 2 atom stereocenters. The van der Waals surface area contributed by atoms with E-state index in [4.69, 9.17) is 4.74 Å². The average Bonchev–Trinajstić information content (AvgIpc) is 2.97. The fraction of sp³-hybridized carbons (Fsp3) is 0.406. The van der Waals surface area contributed by atoms with Crippen LogP contribution in [0.1, 0.15) is 52.9 Å². The maximum atomic E-state index is 12.9. The van der Waals surface area contributed by atoms with Gasteiger partial charge in [-0.3, -0.25) is 0 Å². The van der Waals surface area contributed by atoms with Gasteiger partial charge in [0.05, 0.1) is 4.91 Å². The van der Waals surface area contributed by atoms with Crippen molar-refractivity contribution in [3.05, 3.63) is 102 Å². The van der Waals surface area contributed by atoms with E-state index in [1.54, 1.807) is 12.2 Å². The SMILES string of the molecule is C=C/C(=C\C=C\NC(=O)NCCCCCC)S(=O)NC(/C=C\C)=C/C=C(\C)CCNCC(O)COc1ccccc1. The molecule has 0 aliphatic rings. The Bertz CT molecular complexity index is 1060. The summed E-state index contributed by atoms with van der Waals surface area (Å²) >= 11 is 0. The summed E-state index contributed by atoms with van der Waals surface area (Å²) in [7, 11) is -1.54. The van der Waals surface area contributed by atoms with Gasteiger partial charge in [-0.15, -0.1) is 0 Å². The van der Waals surface area contributed by atoms with Crippen LogP contribution in [-0.4, -0.2) is 47.7 Å². The third kappa shape index (κ3) is 18.6. The lowest BCUT2D eigenvalue weighted by molar-refractivity contribution is 0.106. The molecule has 0 spiro atoms. The molecule has 0 radical (unpaired) electrons. The van der Waals surface area contributed by atoms with Crippen molar-refractivity contribution >= 4 is 17.0 Å². The van der Waals surface area contributed by atoms with Crippen LogP contribution in [0.5, 0.6) is 5.75 Å². The normalized spacial score (nSPS) is 14.2. The molecule has 0 bridgehead atoms. The number of allylic oxidation sites excluding steroid dienone is 7. The summed E-state index contributed by atoms with van der Waals surface area (Å²) < 4.78 is 21.4. The molecule has 1 rings (SSSR count). The van der Waals surface area contributed by atoms with E-state index < -0.39 is 17.1 Å². The van der Waals surface area contributed by atoms with Crippen LogP contribution in [0.25, 0.3) is 0 Å². The van der Waals surface area contributed by atoms with Gasteiger partial charge in [0.25, 0.3) is 0 Å². The standard InChI is InChI=1S/C32H48N4O4S/c1-5-8-9-13-22-34-32(38)35-23-14-18-31(7-3)41(39)36-28(15-6-2)20-19-27(4)21-24-33-25-29(37)26-40-30-16-11-10-12-17-30/h6-7,10-12,14-20,23,29,33,36-37H,3,5,8-9,13,21-22,24-26H2,1-2,4H3,(H2,34,35,38)/b15-6-,23-14+,27-19+,28-20+,31-18+. The molecular formula is C32H48N4O4S. The molecule has 0 fully saturated rings. The molecule has 0 saturated heterocycles. The number of para-hydroxylation sites is 1. The van der Waals surface area contributed by atoms with Crippen LogP contribution in [-0.2, 0) is 11.0 Å². The second-order valence-corrected chi connectivity index (χ2v) is 10.5. The molecule has 0 heterocycles. The first-order valence-corrected chi connectivity index (χ1v) is 15.3. The van der Waals surface area contributed by atoms with Crippen molar-refractivity contribution in [1.82, 2.24) is 20.7 Å². The third-order valence-corrected chi connectivity index (χ3v) is 6.82. The summed E-state index contributed by atoms with van der Waals surface area (Å²) in [6.07, 6.45) is 18.4. The molecule has 0 aromatic heterocycles. The number of unbranched alkanes of at least 4 members (excludes halogenated alkanes) is 3. The van der Waals surface area contributed by atoms with E-state index in [-0.39, 0.29) is 12.6 Å². The minimum atomic E-state index is -1.54. The van der Waals surface area contributed by atoms with Crippen LogP contribution in [0.2, 0.25) is 0 Å². The van der Waals surface area contributed by atoms with Gasteiger partial charge in [-0.25, -0.2) is 9.00 Å². The number of urea groups is 1. The van der Waals surface area contributed by atoms with E-state index >= 15 is 0 Å². The van der Waals surface area contributed by atoms with Gasteiger partial charge in [-0.05, 0) is 69.7 Å². The number of nitrogens with one attached hydrogen (secondary N) is 4. The second kappa shape index (κ2) is 23.3. The second-order valence-electron chi connectivity index (χ2n) is 9.33. The lowest BCUT2D eigenvalue weighted by atomic mass is 10.2. The number of aliphatic hydroxyl groups excluding tert-OH is 1. The summed E-state index contributed by atoms with van der Waals surface area (Å²) in [4.78, 5) is 12.3. The van der Waals surface area contributed by atoms with Gasteiger partial charge in [0.1, 0.15) is 29.4 Å². The van der Waals surface area contributed by atoms with E-state index in [0.29, 0.717) is 30.2 Å². The molecule has 5 N–H and O–H groups in total. The zero-order chi connectivity index (χ0) is 30.1. The summed E-state index contributed by atoms with van der Waals surface area (Å²) in [5.41, 5.74) is 1.81. The summed E-state index contributed by atoms with van der Waals surface area (Å²) in [5.74, 6) is 0.737. The quantitative estimate of drug-likeness (QED) is 0.0964. The van der Waals surface area contributed by atoms with Crippen molar-refractivity contribution in [2.75, 3.05) is 26.2 Å². The summed E-state index contributed by atoms with van der Waals surface area (Å²) in [5, 5.41) is 18.8. The van der Waals surface area contributed by atoms with Crippen LogP contribution in [0.15, 0.2) is 102 Å². The number of benzene rings is 1. The maximum Gasteiger partial charge on any atom is 0.318 e. The topological polar surface area (TPSA) is 112 Å². The Kier molecular flexibility index (Phi) is 20.3. The lowest BCUT2D eigenvalue weighted by Crippen LogP contribution is -2.32. The monoisotopic (exact) mass is 584 g/mol. The number of amides is 2. The molecule has 8 nitrogen and oxygen atoms in total. The van der Waals surface area contributed by atoms with Gasteiger partial charge < -0.3 is 30.5 Å². The molecule has 2 amide bonds. The summed E-state index contributed by atoms with van der Waals surface area (Å²) in [6.45, 7) is 11.8. The van der Waals surface area contributed by atoms with E-state index in [0.717, 1.165) is 37.0 Å². The predicted molar refractivity (Wildman–Crippen MR) is 171 cm³/mol. The van der Waals surface area contributed by atoms with Crippen LogP contribution in [0, 0.1) is 0 Å². The summed E-state index contributed by atoms with van der Waals surface area (Å²) in [6, 6.07) is 9.15. The van der Waals surface area contributed by atoms with Crippen molar-refractivity contribution in [3.8, 4) is 5.75 Å². The zero-order valence-corrected chi connectivity index (χ0v) is 25.6. The van der Waals surface area contributed by atoms with Crippen molar-refractivity contribution < 1.29 is 18.8 Å². The Morgan fingerprint density at radius 1 is 1.12 bits per heavy atom. The van der Waals surface area contributed by atoms with Gasteiger partial charge in [-0.2, -0.15) is 0 Å². The fourth-order valence-electron chi connectivity index (χ4n) is 3.38.